The molecule has 0 fully saturated rings. The van der Waals surface area contributed by atoms with Gasteiger partial charge in [0.05, 0.1) is 22.4 Å². The fourth-order valence-corrected chi connectivity index (χ4v) is 7.72. The van der Waals surface area contributed by atoms with E-state index in [-0.39, 0.29) is 0 Å². The van der Waals surface area contributed by atoms with Crippen molar-refractivity contribution in [1.29, 1.82) is 0 Å². The zero-order valence-electron chi connectivity index (χ0n) is 24.3. The first kappa shape index (κ1) is 25.8. The summed E-state index contributed by atoms with van der Waals surface area (Å²) in [6.07, 6.45) is 1.84. The van der Waals surface area contributed by atoms with E-state index in [9.17, 15) is 0 Å². The zero-order chi connectivity index (χ0) is 29.7. The molecule has 0 spiro atoms. The van der Waals surface area contributed by atoms with Crippen LogP contribution in [0.5, 0.6) is 0 Å². The molecule has 0 bridgehead atoms. The van der Waals surface area contributed by atoms with E-state index in [1.165, 1.54) is 42.0 Å². The highest BCUT2D eigenvalue weighted by atomic mass is 32.1. The Morgan fingerprint density at radius 1 is 0.511 bits per heavy atom. The van der Waals surface area contributed by atoms with Gasteiger partial charge < -0.3 is 9.47 Å². The van der Waals surface area contributed by atoms with Gasteiger partial charge in [-0.25, -0.2) is 0 Å². The number of anilines is 3. The molecule has 0 amide bonds. The molecule has 0 radical (unpaired) electrons. The van der Waals surface area contributed by atoms with E-state index in [0.29, 0.717) is 0 Å². The molecular weight excluding hydrogens is 567 g/mol. The molecule has 0 aliphatic rings. The van der Waals surface area contributed by atoms with E-state index < -0.39 is 0 Å². The highest BCUT2D eigenvalue weighted by Crippen LogP contribution is 2.45. The lowest BCUT2D eigenvalue weighted by atomic mass is 10.1. The zero-order valence-corrected chi connectivity index (χ0v) is 25.2. The second kappa shape index (κ2) is 10.5. The molecule has 3 heterocycles. The summed E-state index contributed by atoms with van der Waals surface area (Å²) in [6.45, 7) is 0. The number of pyridine rings is 1. The Kier molecular flexibility index (Phi) is 6.00. The Labute approximate surface area is 264 Å². The predicted octanol–water partition coefficient (Wildman–Crippen LogP) is 11.7. The van der Waals surface area contributed by atoms with Crippen molar-refractivity contribution in [2.75, 3.05) is 4.90 Å². The molecule has 0 saturated heterocycles. The first-order valence-electron chi connectivity index (χ1n) is 15.1. The SMILES string of the molecule is c1ccc(N(c2ccc3sc4ccccc4c3c2)c2cccc3c2c2ccccc2n3-c2ccc(-c3ccccn3)cc2)cc1. The number of thiophene rings is 1. The average Bonchev–Trinajstić information content (AvgIpc) is 3.65. The number of rotatable bonds is 5. The molecule has 3 aromatic heterocycles. The van der Waals surface area contributed by atoms with Crippen LogP contribution in [0.2, 0.25) is 0 Å². The minimum Gasteiger partial charge on any atom is -0.310 e. The molecule has 0 unspecified atom stereocenters. The van der Waals surface area contributed by atoms with Gasteiger partial charge in [-0.1, -0.05) is 78.9 Å². The largest absolute Gasteiger partial charge is 0.310 e. The van der Waals surface area contributed by atoms with Crippen LogP contribution in [-0.4, -0.2) is 9.55 Å². The number of aromatic nitrogens is 2. The van der Waals surface area contributed by atoms with Crippen molar-refractivity contribution in [3.63, 3.8) is 0 Å². The van der Waals surface area contributed by atoms with Crippen LogP contribution in [0.3, 0.4) is 0 Å². The van der Waals surface area contributed by atoms with Gasteiger partial charge in [-0.15, -0.1) is 11.3 Å². The molecule has 0 atom stereocenters. The van der Waals surface area contributed by atoms with Gasteiger partial charge in [0.1, 0.15) is 0 Å². The van der Waals surface area contributed by atoms with E-state index in [1.54, 1.807) is 0 Å². The molecule has 45 heavy (non-hydrogen) atoms. The second-order valence-corrected chi connectivity index (χ2v) is 12.3. The van der Waals surface area contributed by atoms with E-state index in [1.807, 2.05) is 29.7 Å². The molecule has 3 nitrogen and oxygen atoms in total. The summed E-state index contributed by atoms with van der Waals surface area (Å²) in [5, 5.41) is 5.04. The summed E-state index contributed by atoms with van der Waals surface area (Å²) in [7, 11) is 0. The number of hydrogen-bond donors (Lipinski definition) is 0. The molecule has 9 rings (SSSR count). The minimum absolute atomic E-state index is 0.974. The lowest BCUT2D eigenvalue weighted by molar-refractivity contribution is 1.18. The van der Waals surface area contributed by atoms with Crippen molar-refractivity contribution in [2.24, 2.45) is 0 Å². The van der Waals surface area contributed by atoms with Crippen LogP contribution in [0.1, 0.15) is 0 Å². The third-order valence-electron chi connectivity index (χ3n) is 8.64. The Bertz CT molecular complexity index is 2480. The van der Waals surface area contributed by atoms with Gasteiger partial charge in [-0.2, -0.15) is 0 Å². The summed E-state index contributed by atoms with van der Waals surface area (Å²) in [5.74, 6) is 0. The van der Waals surface area contributed by atoms with Crippen molar-refractivity contribution < 1.29 is 0 Å². The lowest BCUT2D eigenvalue weighted by Crippen LogP contribution is -2.10. The molecule has 0 aliphatic heterocycles. The van der Waals surface area contributed by atoms with Crippen LogP contribution in [0.25, 0.3) is 58.9 Å². The standard InChI is InChI=1S/C41H27N3S/c1-2-11-29(12-3-1)43(31-24-25-40-34(27-31)32-13-5-7-19-39(32)45-40)37-17-10-18-38-41(37)33-14-4-6-16-36(33)44(38)30-22-20-28(21-23-30)35-15-8-9-26-42-35/h1-27H. The molecule has 6 aromatic carbocycles. The van der Waals surface area contributed by atoms with Crippen molar-refractivity contribution in [2.45, 2.75) is 0 Å². The molecule has 212 valence electrons. The van der Waals surface area contributed by atoms with E-state index in [0.717, 1.165) is 34.0 Å². The minimum atomic E-state index is 0.974. The normalized spacial score (nSPS) is 11.6. The van der Waals surface area contributed by atoms with Crippen LogP contribution in [-0.2, 0) is 0 Å². The average molecular weight is 594 g/mol. The summed E-state index contributed by atoms with van der Waals surface area (Å²) in [5.41, 5.74) is 8.96. The Balaban J connectivity index is 1.29. The monoisotopic (exact) mass is 593 g/mol. The summed E-state index contributed by atoms with van der Waals surface area (Å²) in [6, 6.07) is 56.5. The number of hydrogen-bond acceptors (Lipinski definition) is 3. The fourth-order valence-electron chi connectivity index (χ4n) is 6.64. The maximum absolute atomic E-state index is 4.55. The summed E-state index contributed by atoms with van der Waals surface area (Å²) < 4.78 is 5.00. The van der Waals surface area contributed by atoms with E-state index in [4.69, 9.17) is 0 Å². The fraction of sp³-hybridized carbons (Fsp3) is 0. The van der Waals surface area contributed by atoms with E-state index >= 15 is 0 Å². The number of fused-ring (bicyclic) bond motifs is 6. The molecule has 0 aliphatic carbocycles. The topological polar surface area (TPSA) is 21.1 Å². The molecule has 0 N–H and O–H groups in total. The van der Waals surface area contributed by atoms with Gasteiger partial charge in [0.25, 0.3) is 0 Å². The van der Waals surface area contributed by atoms with Crippen LogP contribution < -0.4 is 4.90 Å². The van der Waals surface area contributed by atoms with Gasteiger partial charge >= 0.3 is 0 Å². The van der Waals surface area contributed by atoms with E-state index in [2.05, 4.69) is 160 Å². The highest BCUT2D eigenvalue weighted by Gasteiger charge is 2.21. The van der Waals surface area contributed by atoms with Crippen LogP contribution >= 0.6 is 11.3 Å². The molecule has 0 saturated carbocycles. The van der Waals surface area contributed by atoms with Gasteiger partial charge in [-0.3, -0.25) is 4.98 Å². The molecular formula is C41H27N3S. The quantitative estimate of drug-likeness (QED) is 0.198. The van der Waals surface area contributed by atoms with Crippen LogP contribution in [0.15, 0.2) is 164 Å². The maximum atomic E-state index is 4.55. The third-order valence-corrected chi connectivity index (χ3v) is 9.79. The van der Waals surface area contributed by atoms with Crippen molar-refractivity contribution in [3.8, 4) is 16.9 Å². The van der Waals surface area contributed by atoms with Crippen molar-refractivity contribution in [1.82, 2.24) is 9.55 Å². The lowest BCUT2D eigenvalue weighted by Gasteiger charge is -2.26. The third kappa shape index (κ3) is 4.22. The molecule has 9 aromatic rings. The smallest absolute Gasteiger partial charge is 0.0701 e. The molecule has 4 heteroatoms. The maximum Gasteiger partial charge on any atom is 0.0701 e. The summed E-state index contributed by atoms with van der Waals surface area (Å²) in [4.78, 5) is 6.96. The first-order valence-corrected chi connectivity index (χ1v) is 16.0. The van der Waals surface area contributed by atoms with Gasteiger partial charge in [0.15, 0.2) is 0 Å². The highest BCUT2D eigenvalue weighted by molar-refractivity contribution is 7.25. The Morgan fingerprint density at radius 2 is 1.24 bits per heavy atom. The van der Waals surface area contributed by atoms with Crippen LogP contribution in [0, 0.1) is 0 Å². The number of benzene rings is 6. The van der Waals surface area contributed by atoms with Crippen molar-refractivity contribution >= 4 is 70.4 Å². The Morgan fingerprint density at radius 3 is 2.09 bits per heavy atom. The van der Waals surface area contributed by atoms with Gasteiger partial charge in [0.2, 0.25) is 0 Å². The Hall–Kier alpha value is -5.71. The predicted molar refractivity (Wildman–Crippen MR) is 192 cm³/mol. The first-order chi connectivity index (χ1) is 22.3. The second-order valence-electron chi connectivity index (χ2n) is 11.2. The van der Waals surface area contributed by atoms with Crippen molar-refractivity contribution in [3.05, 3.63) is 164 Å². The number of para-hydroxylation sites is 2. The van der Waals surface area contributed by atoms with Crippen LogP contribution in [0.4, 0.5) is 17.1 Å². The van der Waals surface area contributed by atoms with Gasteiger partial charge in [-0.05, 0) is 78.9 Å². The van der Waals surface area contributed by atoms with Gasteiger partial charge in [0, 0.05) is 59.8 Å². The summed E-state index contributed by atoms with van der Waals surface area (Å²) >= 11 is 1.85. The number of nitrogens with zero attached hydrogens (tertiary/aromatic N) is 3.